The molecule has 0 saturated carbocycles. The Bertz CT molecular complexity index is 250. The number of amides is 2. The third-order valence-corrected chi connectivity index (χ3v) is 2.88. The zero-order valence-electron chi connectivity index (χ0n) is 9.70. The molecule has 1 heterocycles. The molecule has 0 aliphatic carbocycles. The van der Waals surface area contributed by atoms with Crippen molar-refractivity contribution in [3.63, 3.8) is 0 Å². The summed E-state index contributed by atoms with van der Waals surface area (Å²) < 4.78 is 5.20. The third kappa shape index (κ3) is 4.61. The molecule has 2 amide bonds. The van der Waals surface area contributed by atoms with Gasteiger partial charge in [0.2, 0.25) is 11.8 Å². The van der Waals surface area contributed by atoms with Crippen molar-refractivity contribution in [2.24, 2.45) is 11.7 Å². The Balaban J connectivity index is 2.17. The molecule has 1 rings (SSSR count). The lowest BCUT2D eigenvalue weighted by atomic mass is 10.0. The van der Waals surface area contributed by atoms with Gasteiger partial charge in [-0.1, -0.05) is 6.92 Å². The first kappa shape index (κ1) is 13.0. The average molecular weight is 228 g/mol. The molecule has 0 aromatic heterocycles. The first-order valence-electron chi connectivity index (χ1n) is 5.76. The van der Waals surface area contributed by atoms with E-state index in [0.717, 1.165) is 12.8 Å². The van der Waals surface area contributed by atoms with Crippen LogP contribution >= 0.6 is 0 Å². The van der Waals surface area contributed by atoms with E-state index in [-0.39, 0.29) is 23.8 Å². The van der Waals surface area contributed by atoms with Gasteiger partial charge in [-0.3, -0.25) is 9.59 Å². The minimum atomic E-state index is -0.348. The van der Waals surface area contributed by atoms with Gasteiger partial charge in [0.25, 0.3) is 0 Å². The van der Waals surface area contributed by atoms with E-state index in [9.17, 15) is 9.59 Å². The minimum Gasteiger partial charge on any atom is -0.381 e. The van der Waals surface area contributed by atoms with Crippen LogP contribution in [-0.2, 0) is 14.3 Å². The Kier molecular flexibility index (Phi) is 5.25. The van der Waals surface area contributed by atoms with Crippen molar-refractivity contribution < 1.29 is 14.3 Å². The number of carbonyl (C=O) groups is 2. The molecule has 16 heavy (non-hydrogen) atoms. The lowest BCUT2D eigenvalue weighted by molar-refractivity contribution is -0.123. The van der Waals surface area contributed by atoms with Crippen molar-refractivity contribution in [2.45, 2.75) is 38.6 Å². The van der Waals surface area contributed by atoms with Gasteiger partial charge >= 0.3 is 0 Å². The molecule has 1 saturated heterocycles. The van der Waals surface area contributed by atoms with E-state index >= 15 is 0 Å². The van der Waals surface area contributed by atoms with Gasteiger partial charge in [0.15, 0.2) is 0 Å². The highest BCUT2D eigenvalue weighted by atomic mass is 16.5. The van der Waals surface area contributed by atoms with Crippen LogP contribution in [0.25, 0.3) is 0 Å². The van der Waals surface area contributed by atoms with Crippen LogP contribution in [0.3, 0.4) is 0 Å². The second-order valence-corrected chi connectivity index (χ2v) is 4.30. The predicted octanol–water partition coefficient (Wildman–Crippen LogP) is 0.183. The fraction of sp³-hybridized carbons (Fsp3) is 0.818. The van der Waals surface area contributed by atoms with Crippen molar-refractivity contribution in [2.75, 3.05) is 13.2 Å². The predicted molar refractivity (Wildman–Crippen MR) is 59.6 cm³/mol. The fourth-order valence-electron chi connectivity index (χ4n) is 1.63. The number of hydrogen-bond acceptors (Lipinski definition) is 3. The molecule has 5 heteroatoms. The zero-order chi connectivity index (χ0) is 12.0. The van der Waals surface area contributed by atoms with Crippen LogP contribution < -0.4 is 11.1 Å². The summed E-state index contributed by atoms with van der Waals surface area (Å²) in [5.41, 5.74) is 5.12. The Hall–Kier alpha value is -1.10. The number of nitrogens with two attached hydrogens (primary N) is 1. The largest absolute Gasteiger partial charge is 0.381 e. The topological polar surface area (TPSA) is 81.4 Å². The van der Waals surface area contributed by atoms with Gasteiger partial charge < -0.3 is 15.8 Å². The highest BCUT2D eigenvalue weighted by Gasteiger charge is 2.17. The molecule has 0 unspecified atom stereocenters. The lowest BCUT2D eigenvalue weighted by Gasteiger charge is -2.23. The lowest BCUT2D eigenvalue weighted by Crippen LogP contribution is -2.39. The smallest absolute Gasteiger partial charge is 0.220 e. The number of nitrogens with one attached hydrogen (secondary N) is 1. The Morgan fingerprint density at radius 3 is 2.62 bits per heavy atom. The van der Waals surface area contributed by atoms with E-state index in [0.29, 0.717) is 26.1 Å². The summed E-state index contributed by atoms with van der Waals surface area (Å²) in [6, 6.07) is 0.227. The maximum absolute atomic E-state index is 11.5. The van der Waals surface area contributed by atoms with Gasteiger partial charge in [-0.05, 0) is 19.3 Å². The van der Waals surface area contributed by atoms with Crippen LogP contribution in [0, 0.1) is 5.92 Å². The van der Waals surface area contributed by atoms with Crippen molar-refractivity contribution in [3.8, 4) is 0 Å². The number of ether oxygens (including phenoxy) is 1. The van der Waals surface area contributed by atoms with E-state index in [4.69, 9.17) is 10.5 Å². The first-order chi connectivity index (χ1) is 7.59. The van der Waals surface area contributed by atoms with Crippen molar-refractivity contribution in [3.05, 3.63) is 0 Å². The molecule has 5 nitrogen and oxygen atoms in total. The maximum atomic E-state index is 11.5. The van der Waals surface area contributed by atoms with Crippen LogP contribution in [0.15, 0.2) is 0 Å². The molecule has 0 bridgehead atoms. The van der Waals surface area contributed by atoms with Gasteiger partial charge in [-0.2, -0.15) is 0 Å². The van der Waals surface area contributed by atoms with Crippen LogP contribution in [0.1, 0.15) is 32.6 Å². The monoisotopic (exact) mass is 228 g/mol. The van der Waals surface area contributed by atoms with Gasteiger partial charge in [0, 0.05) is 31.6 Å². The summed E-state index contributed by atoms with van der Waals surface area (Å²) in [5.74, 6) is -0.584. The first-order valence-corrected chi connectivity index (χ1v) is 5.76. The van der Waals surface area contributed by atoms with E-state index in [1.807, 2.05) is 0 Å². The molecule has 0 aromatic carbocycles. The Morgan fingerprint density at radius 1 is 1.44 bits per heavy atom. The molecule has 0 radical (unpaired) electrons. The summed E-state index contributed by atoms with van der Waals surface area (Å²) in [6.07, 6.45) is 2.63. The van der Waals surface area contributed by atoms with E-state index < -0.39 is 0 Å². The number of hydrogen-bond donors (Lipinski definition) is 2. The van der Waals surface area contributed by atoms with Gasteiger partial charge in [-0.25, -0.2) is 0 Å². The second kappa shape index (κ2) is 6.48. The number of rotatable bonds is 5. The quantitative estimate of drug-likeness (QED) is 0.704. The van der Waals surface area contributed by atoms with Crippen LogP contribution in [-0.4, -0.2) is 31.1 Å². The summed E-state index contributed by atoms with van der Waals surface area (Å²) in [7, 11) is 0. The van der Waals surface area contributed by atoms with E-state index in [2.05, 4.69) is 5.32 Å². The summed E-state index contributed by atoms with van der Waals surface area (Å²) in [5, 5.41) is 2.94. The van der Waals surface area contributed by atoms with Gasteiger partial charge in [0.1, 0.15) is 0 Å². The number of carbonyl (C=O) groups excluding carboxylic acids is 2. The Morgan fingerprint density at radius 2 is 2.06 bits per heavy atom. The van der Waals surface area contributed by atoms with Gasteiger partial charge in [-0.15, -0.1) is 0 Å². The van der Waals surface area contributed by atoms with Crippen molar-refractivity contribution in [1.82, 2.24) is 5.32 Å². The van der Waals surface area contributed by atoms with Crippen LogP contribution in [0.2, 0.25) is 0 Å². The molecule has 1 atom stereocenters. The second-order valence-electron chi connectivity index (χ2n) is 4.30. The SMILES string of the molecule is C[C@@H](CCC(=O)NC1CCOCC1)C(N)=O. The number of primary amides is 1. The maximum Gasteiger partial charge on any atom is 0.220 e. The fourth-order valence-corrected chi connectivity index (χ4v) is 1.63. The average Bonchev–Trinajstić information content (AvgIpc) is 2.27. The van der Waals surface area contributed by atoms with Crippen LogP contribution in [0.4, 0.5) is 0 Å². The summed E-state index contributed by atoms with van der Waals surface area (Å²) >= 11 is 0. The van der Waals surface area contributed by atoms with E-state index in [1.165, 1.54) is 0 Å². The Labute approximate surface area is 95.7 Å². The van der Waals surface area contributed by atoms with Gasteiger partial charge in [0.05, 0.1) is 0 Å². The molecule has 92 valence electrons. The minimum absolute atomic E-state index is 0.000000000000000222. The van der Waals surface area contributed by atoms with E-state index in [1.54, 1.807) is 6.92 Å². The van der Waals surface area contributed by atoms with Crippen molar-refractivity contribution in [1.29, 1.82) is 0 Å². The molecular formula is C11H20N2O3. The molecule has 1 aliphatic rings. The molecular weight excluding hydrogens is 208 g/mol. The highest BCUT2D eigenvalue weighted by Crippen LogP contribution is 2.08. The normalized spacial score (nSPS) is 19.1. The van der Waals surface area contributed by atoms with Crippen molar-refractivity contribution >= 4 is 11.8 Å². The zero-order valence-corrected chi connectivity index (χ0v) is 9.70. The van der Waals surface area contributed by atoms with Crippen LogP contribution in [0.5, 0.6) is 0 Å². The molecule has 1 fully saturated rings. The third-order valence-electron chi connectivity index (χ3n) is 2.88. The molecule has 1 aliphatic heterocycles. The molecule has 3 N–H and O–H groups in total. The molecule has 0 aromatic rings. The summed E-state index contributed by atoms with van der Waals surface area (Å²) in [6.45, 7) is 3.16. The molecule has 0 spiro atoms. The summed E-state index contributed by atoms with van der Waals surface area (Å²) in [4.78, 5) is 22.3. The highest BCUT2D eigenvalue weighted by molar-refractivity contribution is 5.79. The standard InChI is InChI=1S/C11H20N2O3/c1-8(11(12)15)2-3-10(14)13-9-4-6-16-7-5-9/h8-9H,2-7H2,1H3,(H2,12,15)(H,13,14)/t8-/m0/s1.